The van der Waals surface area contributed by atoms with Crippen LogP contribution in [0, 0.1) is 6.92 Å². The third-order valence-electron chi connectivity index (χ3n) is 5.35. The number of rotatable bonds is 5. The summed E-state index contributed by atoms with van der Waals surface area (Å²) < 4.78 is 27.8. The summed E-state index contributed by atoms with van der Waals surface area (Å²) in [5.41, 5.74) is 3.04. The molecule has 0 unspecified atom stereocenters. The van der Waals surface area contributed by atoms with E-state index < -0.39 is 10.0 Å². The smallest absolute Gasteiger partial charge is 0.255 e. The number of nitrogens with one attached hydrogen (secondary N) is 1. The summed E-state index contributed by atoms with van der Waals surface area (Å²) >= 11 is 6.24. The molecule has 29 heavy (non-hydrogen) atoms. The summed E-state index contributed by atoms with van der Waals surface area (Å²) in [5.74, 6) is -0.349. The summed E-state index contributed by atoms with van der Waals surface area (Å²) in [6.45, 7) is 4.93. The van der Waals surface area contributed by atoms with Gasteiger partial charge < -0.3 is 5.32 Å². The molecule has 0 aromatic heterocycles. The molecule has 0 spiro atoms. The normalized spacial score (nSPS) is 15.7. The van der Waals surface area contributed by atoms with Gasteiger partial charge in [0.15, 0.2) is 0 Å². The third kappa shape index (κ3) is 4.82. The van der Waals surface area contributed by atoms with Crippen LogP contribution in [-0.4, -0.2) is 31.7 Å². The van der Waals surface area contributed by atoms with Crippen LogP contribution in [0.5, 0.6) is 0 Å². The van der Waals surface area contributed by atoms with Gasteiger partial charge in [-0.1, -0.05) is 49.6 Å². The van der Waals surface area contributed by atoms with Crippen LogP contribution in [0.4, 0.5) is 5.69 Å². The summed E-state index contributed by atoms with van der Waals surface area (Å²) in [7, 11) is -3.74. The molecule has 2 aromatic carbocycles. The standard InChI is InChI=1S/C22H27ClN2O3S/c1-3-17-10-8-9-16(2)21(17)24-22(26)18-11-12-19(23)20(15-18)29(27,28)25-13-6-4-5-7-14-25/h8-12,15H,3-7,13-14H2,1-2H3,(H,24,26). The lowest BCUT2D eigenvalue weighted by Gasteiger charge is -2.21. The third-order valence-corrected chi connectivity index (χ3v) is 7.73. The Kier molecular flexibility index (Phi) is 6.98. The number of hydrogen-bond acceptors (Lipinski definition) is 3. The lowest BCUT2D eigenvalue weighted by Crippen LogP contribution is -2.32. The molecule has 1 aliphatic heterocycles. The molecule has 0 radical (unpaired) electrons. The zero-order chi connectivity index (χ0) is 21.0. The van der Waals surface area contributed by atoms with Crippen molar-refractivity contribution in [1.29, 1.82) is 0 Å². The fourth-order valence-electron chi connectivity index (χ4n) is 3.65. The van der Waals surface area contributed by atoms with E-state index in [0.717, 1.165) is 48.9 Å². The van der Waals surface area contributed by atoms with Crippen LogP contribution >= 0.6 is 11.6 Å². The van der Waals surface area contributed by atoms with Crippen LogP contribution in [0.3, 0.4) is 0 Å². The molecule has 1 fully saturated rings. The van der Waals surface area contributed by atoms with Crippen molar-refractivity contribution in [2.24, 2.45) is 0 Å². The minimum Gasteiger partial charge on any atom is -0.321 e. The van der Waals surface area contributed by atoms with E-state index in [2.05, 4.69) is 5.32 Å². The molecule has 2 aromatic rings. The summed E-state index contributed by atoms with van der Waals surface area (Å²) in [6.07, 6.45) is 4.51. The molecule has 0 bridgehead atoms. The summed E-state index contributed by atoms with van der Waals surface area (Å²) in [4.78, 5) is 12.9. The maximum atomic E-state index is 13.2. The highest BCUT2D eigenvalue weighted by molar-refractivity contribution is 7.89. The molecule has 156 valence electrons. The fourth-order valence-corrected chi connectivity index (χ4v) is 5.67. The lowest BCUT2D eigenvalue weighted by molar-refractivity contribution is 0.102. The topological polar surface area (TPSA) is 66.5 Å². The van der Waals surface area contributed by atoms with Gasteiger partial charge in [-0.05, 0) is 55.5 Å². The van der Waals surface area contributed by atoms with Gasteiger partial charge in [0.1, 0.15) is 4.90 Å². The van der Waals surface area contributed by atoms with E-state index in [1.165, 1.54) is 16.4 Å². The van der Waals surface area contributed by atoms with Crippen LogP contribution in [-0.2, 0) is 16.4 Å². The van der Waals surface area contributed by atoms with Gasteiger partial charge in [0.05, 0.1) is 5.02 Å². The van der Waals surface area contributed by atoms with Crippen LogP contribution in [0.15, 0.2) is 41.3 Å². The average molecular weight is 435 g/mol. The van der Waals surface area contributed by atoms with Gasteiger partial charge in [-0.2, -0.15) is 4.31 Å². The van der Waals surface area contributed by atoms with Crippen molar-refractivity contribution in [3.8, 4) is 0 Å². The molecular weight excluding hydrogens is 408 g/mol. The van der Waals surface area contributed by atoms with Crippen molar-refractivity contribution in [2.75, 3.05) is 18.4 Å². The van der Waals surface area contributed by atoms with Crippen molar-refractivity contribution < 1.29 is 13.2 Å². The quantitative estimate of drug-likeness (QED) is 0.717. The van der Waals surface area contributed by atoms with Gasteiger partial charge in [-0.3, -0.25) is 4.79 Å². The number of halogens is 1. The highest BCUT2D eigenvalue weighted by Crippen LogP contribution is 2.28. The maximum absolute atomic E-state index is 13.2. The van der Waals surface area contributed by atoms with Gasteiger partial charge in [-0.15, -0.1) is 0 Å². The second kappa shape index (κ2) is 9.28. The molecule has 1 saturated heterocycles. The molecule has 0 saturated carbocycles. The van der Waals surface area contributed by atoms with Crippen LogP contribution in [0.2, 0.25) is 5.02 Å². The fraction of sp³-hybridized carbons (Fsp3) is 0.409. The van der Waals surface area contributed by atoms with Crippen LogP contribution in [0.25, 0.3) is 0 Å². The molecule has 1 amide bonds. The van der Waals surface area contributed by atoms with Crippen molar-refractivity contribution in [3.05, 3.63) is 58.1 Å². The first kappa shape index (κ1) is 21.8. The Morgan fingerprint density at radius 3 is 2.45 bits per heavy atom. The molecule has 1 N–H and O–H groups in total. The van der Waals surface area contributed by atoms with Crippen molar-refractivity contribution in [3.63, 3.8) is 0 Å². The van der Waals surface area contributed by atoms with Gasteiger partial charge in [0, 0.05) is 24.3 Å². The molecule has 0 atom stereocenters. The Morgan fingerprint density at radius 1 is 1.10 bits per heavy atom. The Morgan fingerprint density at radius 2 is 1.79 bits per heavy atom. The summed E-state index contributed by atoms with van der Waals surface area (Å²) in [6, 6.07) is 10.3. The largest absolute Gasteiger partial charge is 0.321 e. The molecule has 7 heteroatoms. The Bertz CT molecular complexity index is 997. The number of nitrogens with zero attached hydrogens (tertiary/aromatic N) is 1. The van der Waals surface area contributed by atoms with Crippen molar-refractivity contribution in [1.82, 2.24) is 4.31 Å². The minimum absolute atomic E-state index is 0.00536. The zero-order valence-corrected chi connectivity index (χ0v) is 18.4. The van der Waals surface area contributed by atoms with Gasteiger partial charge in [0.2, 0.25) is 10.0 Å². The number of carbonyl (C=O) groups is 1. The second-order valence-corrected chi connectivity index (χ2v) is 9.69. The number of benzene rings is 2. The summed E-state index contributed by atoms with van der Waals surface area (Å²) in [5, 5.41) is 3.08. The van der Waals surface area contributed by atoms with E-state index in [-0.39, 0.29) is 21.4 Å². The van der Waals surface area contributed by atoms with Crippen LogP contribution in [0.1, 0.15) is 54.1 Å². The highest BCUT2D eigenvalue weighted by atomic mass is 35.5. The number of amides is 1. The van der Waals surface area contributed by atoms with E-state index >= 15 is 0 Å². The second-order valence-electron chi connectivity index (χ2n) is 7.38. The van der Waals surface area contributed by atoms with E-state index in [0.29, 0.717) is 13.1 Å². The van der Waals surface area contributed by atoms with Gasteiger partial charge in [0.25, 0.3) is 5.91 Å². The molecule has 3 rings (SSSR count). The van der Waals surface area contributed by atoms with Crippen molar-refractivity contribution >= 4 is 33.2 Å². The number of hydrogen-bond donors (Lipinski definition) is 1. The first-order valence-corrected chi connectivity index (χ1v) is 11.9. The zero-order valence-electron chi connectivity index (χ0n) is 16.9. The molecule has 0 aliphatic carbocycles. The highest BCUT2D eigenvalue weighted by Gasteiger charge is 2.28. The first-order chi connectivity index (χ1) is 13.8. The van der Waals surface area contributed by atoms with Crippen molar-refractivity contribution in [2.45, 2.75) is 50.8 Å². The van der Waals surface area contributed by atoms with E-state index in [4.69, 9.17) is 11.6 Å². The molecule has 1 heterocycles. The predicted octanol–water partition coefficient (Wildman–Crippen LogP) is 5.03. The average Bonchev–Trinajstić information content (AvgIpc) is 2.99. The number of aryl methyl sites for hydroxylation is 2. The lowest BCUT2D eigenvalue weighted by atomic mass is 10.1. The van der Waals surface area contributed by atoms with Gasteiger partial charge >= 0.3 is 0 Å². The van der Waals surface area contributed by atoms with E-state index in [1.807, 2.05) is 32.0 Å². The first-order valence-electron chi connectivity index (χ1n) is 10.0. The van der Waals surface area contributed by atoms with E-state index in [1.54, 1.807) is 6.07 Å². The molecule has 1 aliphatic rings. The Hall–Kier alpha value is -1.89. The number of carbonyl (C=O) groups excluding carboxylic acids is 1. The minimum atomic E-state index is -3.74. The van der Waals surface area contributed by atoms with E-state index in [9.17, 15) is 13.2 Å². The monoisotopic (exact) mass is 434 g/mol. The number of anilines is 1. The van der Waals surface area contributed by atoms with Gasteiger partial charge in [-0.25, -0.2) is 8.42 Å². The Balaban J connectivity index is 1.92. The molecule has 5 nitrogen and oxygen atoms in total. The number of sulfonamides is 1. The predicted molar refractivity (Wildman–Crippen MR) is 117 cm³/mol. The maximum Gasteiger partial charge on any atom is 0.255 e. The van der Waals surface area contributed by atoms with Crippen LogP contribution < -0.4 is 5.32 Å². The number of para-hydroxylation sites is 1. The Labute approximate surface area is 178 Å². The SMILES string of the molecule is CCc1cccc(C)c1NC(=O)c1ccc(Cl)c(S(=O)(=O)N2CCCCCC2)c1. The molecular formula is C22H27ClN2O3S.